The van der Waals surface area contributed by atoms with Gasteiger partial charge in [-0.1, -0.05) is 42.1 Å². The predicted molar refractivity (Wildman–Crippen MR) is 112 cm³/mol. The van der Waals surface area contributed by atoms with Crippen LogP contribution in [0.15, 0.2) is 64.8 Å². The number of hydrogen-bond donors (Lipinski definition) is 2. The van der Waals surface area contributed by atoms with E-state index < -0.39 is 11.2 Å². The van der Waals surface area contributed by atoms with E-state index in [2.05, 4.69) is 25.6 Å². The first-order valence-corrected chi connectivity index (χ1v) is 9.55. The first kappa shape index (κ1) is 20.3. The van der Waals surface area contributed by atoms with Crippen LogP contribution in [0.1, 0.15) is 22.3 Å². The number of hydrogen-bond acceptors (Lipinski definition) is 7. The third-order valence-corrected chi connectivity index (χ3v) is 4.96. The summed E-state index contributed by atoms with van der Waals surface area (Å²) < 4.78 is 4.64. The highest BCUT2D eigenvalue weighted by molar-refractivity contribution is 8.15. The highest BCUT2D eigenvalue weighted by Crippen LogP contribution is 2.23. The van der Waals surface area contributed by atoms with Gasteiger partial charge in [0, 0.05) is 12.1 Å². The van der Waals surface area contributed by atoms with Crippen LogP contribution in [-0.2, 0) is 14.3 Å². The van der Waals surface area contributed by atoms with Gasteiger partial charge >= 0.3 is 5.97 Å². The Morgan fingerprint density at radius 3 is 2.59 bits per heavy atom. The van der Waals surface area contributed by atoms with Crippen molar-refractivity contribution < 1.29 is 19.1 Å². The average molecular weight is 410 g/mol. The molecular formula is C20H18N4O4S. The molecular weight excluding hydrogens is 392 g/mol. The number of methoxy groups -OCH3 is 1. The quantitative estimate of drug-likeness (QED) is 0.432. The van der Waals surface area contributed by atoms with Gasteiger partial charge in [0.25, 0.3) is 0 Å². The number of thioether (sulfide) groups is 1. The van der Waals surface area contributed by atoms with Crippen molar-refractivity contribution in [3.05, 3.63) is 65.7 Å². The number of para-hydroxylation sites is 1. The minimum absolute atomic E-state index is 0.0309. The number of nitrogens with one attached hydrogen (secondary N) is 2. The number of anilines is 1. The van der Waals surface area contributed by atoms with E-state index in [4.69, 9.17) is 0 Å². The lowest BCUT2D eigenvalue weighted by molar-refractivity contribution is -0.122. The van der Waals surface area contributed by atoms with E-state index in [1.54, 1.807) is 36.4 Å². The highest BCUT2D eigenvalue weighted by atomic mass is 32.2. The third-order valence-electron chi connectivity index (χ3n) is 3.89. The number of carbonyl (C=O) groups excluding carboxylic acids is 3. The Balaban J connectivity index is 1.54. The minimum Gasteiger partial charge on any atom is -0.465 e. The summed E-state index contributed by atoms with van der Waals surface area (Å²) >= 11 is 1.16. The molecule has 0 saturated carbocycles. The third kappa shape index (κ3) is 5.76. The molecule has 1 aliphatic heterocycles. The number of amidine groups is 1. The zero-order valence-corrected chi connectivity index (χ0v) is 16.3. The molecule has 3 rings (SSSR count). The van der Waals surface area contributed by atoms with Crippen LogP contribution in [0.5, 0.6) is 0 Å². The van der Waals surface area contributed by atoms with Gasteiger partial charge in [-0.2, -0.15) is 5.10 Å². The van der Waals surface area contributed by atoms with Crippen LogP contribution >= 0.6 is 11.8 Å². The Labute approximate surface area is 171 Å². The van der Waals surface area contributed by atoms with Crippen molar-refractivity contribution in [2.45, 2.75) is 11.7 Å². The molecule has 0 spiro atoms. The van der Waals surface area contributed by atoms with Gasteiger partial charge in [-0.15, -0.1) is 5.10 Å². The standard InChI is InChI=1S/C20H18N4O4S/c1-28-19(27)14-9-7-13(8-10-14)12-21-24-20-23-18(26)16(29-20)11-17(25)22-15-5-3-2-4-6-15/h2-10,12,16H,11H2,1H3,(H,22,25)(H,23,24,26)/b21-12-/t16-/m0/s1. The van der Waals surface area contributed by atoms with Crippen LogP contribution < -0.4 is 10.6 Å². The van der Waals surface area contributed by atoms with Crippen molar-refractivity contribution in [2.75, 3.05) is 12.4 Å². The fourth-order valence-corrected chi connectivity index (χ4v) is 3.38. The number of nitrogens with zero attached hydrogens (tertiary/aromatic N) is 2. The van der Waals surface area contributed by atoms with Crippen LogP contribution in [-0.4, -0.2) is 41.5 Å². The van der Waals surface area contributed by atoms with Gasteiger partial charge in [0.2, 0.25) is 11.8 Å². The van der Waals surface area contributed by atoms with Gasteiger partial charge in [-0.3, -0.25) is 9.59 Å². The van der Waals surface area contributed by atoms with E-state index in [9.17, 15) is 14.4 Å². The molecule has 9 heteroatoms. The van der Waals surface area contributed by atoms with Crippen molar-refractivity contribution in [3.63, 3.8) is 0 Å². The van der Waals surface area contributed by atoms with Gasteiger partial charge in [-0.25, -0.2) is 4.79 Å². The Kier molecular flexibility index (Phi) is 6.75. The summed E-state index contributed by atoms with van der Waals surface area (Å²) in [6.07, 6.45) is 1.53. The van der Waals surface area contributed by atoms with E-state index >= 15 is 0 Å². The second-order valence-electron chi connectivity index (χ2n) is 5.98. The molecule has 1 saturated heterocycles. The molecule has 29 heavy (non-hydrogen) atoms. The van der Waals surface area contributed by atoms with Crippen LogP contribution in [0.2, 0.25) is 0 Å². The molecule has 1 fully saturated rings. The van der Waals surface area contributed by atoms with E-state index in [0.29, 0.717) is 16.4 Å². The van der Waals surface area contributed by atoms with Crippen molar-refractivity contribution in [1.29, 1.82) is 0 Å². The second-order valence-corrected chi connectivity index (χ2v) is 7.17. The minimum atomic E-state index is -0.563. The lowest BCUT2D eigenvalue weighted by Gasteiger charge is -2.06. The molecule has 0 bridgehead atoms. The van der Waals surface area contributed by atoms with Crippen LogP contribution in [0, 0.1) is 0 Å². The Bertz CT molecular complexity index is 958. The van der Waals surface area contributed by atoms with Gasteiger partial charge in [0.05, 0.1) is 18.9 Å². The van der Waals surface area contributed by atoms with Gasteiger partial charge in [0.15, 0.2) is 5.17 Å². The molecule has 0 unspecified atom stereocenters. The molecule has 1 atom stereocenters. The smallest absolute Gasteiger partial charge is 0.337 e. The monoisotopic (exact) mass is 410 g/mol. The fraction of sp³-hybridized carbons (Fsp3) is 0.150. The number of ether oxygens (including phenoxy) is 1. The highest BCUT2D eigenvalue weighted by Gasteiger charge is 2.32. The predicted octanol–water partition coefficient (Wildman–Crippen LogP) is 2.42. The number of amides is 2. The molecule has 8 nitrogen and oxygen atoms in total. The van der Waals surface area contributed by atoms with Gasteiger partial charge < -0.3 is 15.4 Å². The average Bonchev–Trinajstić information content (AvgIpc) is 3.07. The molecule has 2 aromatic carbocycles. The Morgan fingerprint density at radius 2 is 1.90 bits per heavy atom. The normalized spacial score (nSPS) is 17.3. The van der Waals surface area contributed by atoms with Crippen molar-refractivity contribution >= 4 is 46.6 Å². The zero-order chi connectivity index (χ0) is 20.6. The first-order valence-electron chi connectivity index (χ1n) is 8.67. The zero-order valence-electron chi connectivity index (χ0n) is 15.5. The molecule has 2 N–H and O–H groups in total. The largest absolute Gasteiger partial charge is 0.465 e. The number of carbonyl (C=O) groups is 3. The lowest BCUT2D eigenvalue weighted by Crippen LogP contribution is -2.28. The topological polar surface area (TPSA) is 109 Å². The summed E-state index contributed by atoms with van der Waals surface area (Å²) in [6, 6.07) is 15.7. The van der Waals surface area contributed by atoms with Gasteiger partial charge in [-0.05, 0) is 29.8 Å². The molecule has 0 aliphatic carbocycles. The molecule has 148 valence electrons. The SMILES string of the molecule is COC(=O)c1ccc(/C=N\N=C2/NC(=O)[C@H](CC(=O)Nc3ccccc3)S2)cc1. The van der Waals surface area contributed by atoms with Crippen LogP contribution in [0.3, 0.4) is 0 Å². The van der Waals surface area contributed by atoms with Crippen LogP contribution in [0.4, 0.5) is 5.69 Å². The van der Waals surface area contributed by atoms with E-state index in [-0.39, 0.29) is 18.2 Å². The maximum absolute atomic E-state index is 12.1. The lowest BCUT2D eigenvalue weighted by atomic mass is 10.1. The molecule has 2 aromatic rings. The maximum atomic E-state index is 12.1. The summed E-state index contributed by atoms with van der Waals surface area (Å²) in [4.78, 5) is 35.6. The number of rotatable bonds is 6. The maximum Gasteiger partial charge on any atom is 0.337 e. The van der Waals surface area contributed by atoms with Crippen LogP contribution in [0.25, 0.3) is 0 Å². The summed E-state index contributed by atoms with van der Waals surface area (Å²) in [6.45, 7) is 0. The van der Waals surface area contributed by atoms with E-state index in [0.717, 1.165) is 17.3 Å². The number of esters is 1. The Morgan fingerprint density at radius 1 is 1.17 bits per heavy atom. The van der Waals surface area contributed by atoms with Gasteiger partial charge in [0.1, 0.15) is 5.25 Å². The summed E-state index contributed by atoms with van der Waals surface area (Å²) in [7, 11) is 1.32. The molecule has 0 radical (unpaired) electrons. The fourth-order valence-electron chi connectivity index (χ4n) is 2.46. The van der Waals surface area contributed by atoms with E-state index in [1.807, 2.05) is 18.2 Å². The van der Waals surface area contributed by atoms with E-state index in [1.165, 1.54) is 13.3 Å². The van der Waals surface area contributed by atoms with Crippen molar-refractivity contribution in [3.8, 4) is 0 Å². The summed E-state index contributed by atoms with van der Waals surface area (Å²) in [5.74, 6) is -0.949. The summed E-state index contributed by atoms with van der Waals surface area (Å²) in [5, 5.41) is 13.0. The van der Waals surface area contributed by atoms with Crippen molar-refractivity contribution in [2.24, 2.45) is 10.2 Å². The molecule has 1 aliphatic rings. The Hall–Kier alpha value is -3.46. The number of benzene rings is 2. The van der Waals surface area contributed by atoms with Crippen molar-refractivity contribution in [1.82, 2.24) is 5.32 Å². The summed E-state index contributed by atoms with van der Waals surface area (Å²) in [5.41, 5.74) is 1.85. The molecule has 2 amide bonds. The molecule has 1 heterocycles. The first-order chi connectivity index (χ1) is 14.0. The molecule has 0 aromatic heterocycles. The second kappa shape index (κ2) is 9.65.